The number of fused-ring (bicyclic) bond motifs is 4. The van der Waals surface area contributed by atoms with Gasteiger partial charge in [0.15, 0.2) is 5.75 Å². The Morgan fingerprint density at radius 2 is 2.06 bits per heavy atom. The molecule has 9 heteroatoms. The molecule has 0 atom stereocenters. The number of aromatic nitrogens is 5. The van der Waals surface area contributed by atoms with E-state index < -0.39 is 0 Å². The molecule has 170 valence electrons. The molecular formula is C24H28N8O. The van der Waals surface area contributed by atoms with Crippen molar-refractivity contribution in [1.82, 2.24) is 30.1 Å². The first-order valence-corrected chi connectivity index (χ1v) is 11.8. The van der Waals surface area contributed by atoms with E-state index in [0.29, 0.717) is 24.0 Å². The molecule has 2 N–H and O–H groups in total. The molecule has 3 aromatic heterocycles. The fourth-order valence-electron chi connectivity index (χ4n) is 4.80. The van der Waals surface area contributed by atoms with Gasteiger partial charge in [-0.15, -0.1) is 10.2 Å². The summed E-state index contributed by atoms with van der Waals surface area (Å²) in [6.45, 7) is 7.66. The summed E-state index contributed by atoms with van der Waals surface area (Å²) < 4.78 is 7.69. The first-order valence-electron chi connectivity index (χ1n) is 11.8. The van der Waals surface area contributed by atoms with Gasteiger partial charge in [-0.1, -0.05) is 18.2 Å². The van der Waals surface area contributed by atoms with E-state index >= 15 is 0 Å². The van der Waals surface area contributed by atoms with E-state index in [1.165, 1.54) is 12.8 Å². The maximum Gasteiger partial charge on any atom is 0.222 e. The van der Waals surface area contributed by atoms with Gasteiger partial charge in [0.1, 0.15) is 18.0 Å². The minimum Gasteiger partial charge on any atom is -0.486 e. The second-order valence-electron chi connectivity index (χ2n) is 8.69. The Morgan fingerprint density at radius 1 is 1.15 bits per heavy atom. The van der Waals surface area contributed by atoms with E-state index in [0.717, 1.165) is 66.4 Å². The Bertz CT molecular complexity index is 1300. The van der Waals surface area contributed by atoms with Crippen LogP contribution in [0, 0.1) is 5.92 Å². The molecule has 4 aromatic rings. The van der Waals surface area contributed by atoms with Crippen molar-refractivity contribution in [1.29, 1.82) is 0 Å². The molecule has 0 amide bonds. The molecule has 9 nitrogen and oxygen atoms in total. The minimum absolute atomic E-state index is 0.611. The highest BCUT2D eigenvalue weighted by Gasteiger charge is 2.24. The highest BCUT2D eigenvalue weighted by molar-refractivity contribution is 5.91. The van der Waals surface area contributed by atoms with E-state index in [-0.39, 0.29) is 0 Å². The Labute approximate surface area is 192 Å². The summed E-state index contributed by atoms with van der Waals surface area (Å²) in [4.78, 5) is 7.23. The molecule has 5 heterocycles. The lowest BCUT2D eigenvalue weighted by Crippen LogP contribution is -2.32. The van der Waals surface area contributed by atoms with Gasteiger partial charge in [-0.3, -0.25) is 0 Å². The van der Waals surface area contributed by atoms with Crippen LogP contribution in [0.15, 0.2) is 36.5 Å². The van der Waals surface area contributed by atoms with Crippen molar-refractivity contribution in [2.75, 3.05) is 49.5 Å². The molecule has 1 fully saturated rings. The van der Waals surface area contributed by atoms with Crippen molar-refractivity contribution in [2.24, 2.45) is 5.92 Å². The van der Waals surface area contributed by atoms with Crippen molar-refractivity contribution >= 4 is 27.9 Å². The van der Waals surface area contributed by atoms with Crippen LogP contribution in [-0.4, -0.2) is 64.1 Å². The number of benzene rings is 1. The Kier molecular flexibility index (Phi) is 5.18. The maximum absolute atomic E-state index is 5.96. The average molecular weight is 445 g/mol. The number of anilines is 2. The van der Waals surface area contributed by atoms with Gasteiger partial charge in [0.05, 0.1) is 23.9 Å². The second kappa shape index (κ2) is 8.47. The van der Waals surface area contributed by atoms with Gasteiger partial charge >= 0.3 is 0 Å². The highest BCUT2D eigenvalue weighted by atomic mass is 16.5. The molecule has 0 unspecified atom stereocenters. The lowest BCUT2D eigenvalue weighted by atomic mass is 9.98. The number of ether oxygens (including phenoxy) is 1. The van der Waals surface area contributed by atoms with Crippen LogP contribution in [-0.2, 0) is 0 Å². The molecular weight excluding hydrogens is 416 g/mol. The van der Waals surface area contributed by atoms with Gasteiger partial charge in [-0.05, 0) is 50.9 Å². The predicted molar refractivity (Wildman–Crippen MR) is 129 cm³/mol. The summed E-state index contributed by atoms with van der Waals surface area (Å²) >= 11 is 0. The summed E-state index contributed by atoms with van der Waals surface area (Å²) in [6.07, 6.45) is 4.25. The maximum atomic E-state index is 5.96. The standard InChI is InChI=1S/C24H28N8O/c1-2-31-12-13-33-22-20(31)15-27-32-23(29-30-24(22)32)19-7-6-17-4-3-5-18(21(17)28-19)26-14-16-8-10-25-11-9-16/h3-7,15-16,25-26H,2,8-14H2,1H3. The molecule has 33 heavy (non-hydrogen) atoms. The van der Waals surface area contributed by atoms with Crippen LogP contribution < -0.4 is 20.3 Å². The van der Waals surface area contributed by atoms with Crippen LogP contribution in [0.1, 0.15) is 19.8 Å². The Balaban J connectivity index is 1.37. The number of likely N-dealkylation sites (N-methyl/N-ethyl adjacent to an activating group) is 1. The van der Waals surface area contributed by atoms with Gasteiger partial charge < -0.3 is 20.3 Å². The predicted octanol–water partition coefficient (Wildman–Crippen LogP) is 2.97. The molecule has 1 saturated heterocycles. The van der Waals surface area contributed by atoms with E-state index in [2.05, 4.69) is 62.0 Å². The Hall–Kier alpha value is -3.46. The van der Waals surface area contributed by atoms with E-state index in [4.69, 9.17) is 9.72 Å². The summed E-state index contributed by atoms with van der Waals surface area (Å²) in [5.41, 5.74) is 4.31. The fraction of sp³-hybridized carbons (Fsp3) is 0.417. The van der Waals surface area contributed by atoms with Gasteiger partial charge in [0.2, 0.25) is 11.5 Å². The SMILES string of the molecule is CCN1CCOc2c1cnn1c(-c3ccc4cccc(NCC5CCNCC5)c4n3)nnc21. The molecule has 0 saturated carbocycles. The Morgan fingerprint density at radius 3 is 2.94 bits per heavy atom. The third-order valence-corrected chi connectivity index (χ3v) is 6.69. The van der Waals surface area contributed by atoms with Crippen LogP contribution in [0.25, 0.3) is 28.1 Å². The van der Waals surface area contributed by atoms with Crippen LogP contribution in [0.4, 0.5) is 11.4 Å². The largest absolute Gasteiger partial charge is 0.486 e. The molecule has 0 radical (unpaired) electrons. The zero-order valence-corrected chi connectivity index (χ0v) is 18.8. The van der Waals surface area contributed by atoms with Crippen LogP contribution in [0.2, 0.25) is 0 Å². The van der Waals surface area contributed by atoms with Crippen molar-refractivity contribution in [3.05, 3.63) is 36.5 Å². The number of nitrogens with one attached hydrogen (secondary N) is 2. The molecule has 1 aromatic carbocycles. The number of nitrogens with zero attached hydrogens (tertiary/aromatic N) is 6. The highest BCUT2D eigenvalue weighted by Crippen LogP contribution is 2.35. The first-order chi connectivity index (χ1) is 16.3. The number of piperidine rings is 1. The van der Waals surface area contributed by atoms with Crippen LogP contribution in [0.5, 0.6) is 5.75 Å². The summed E-state index contributed by atoms with van der Waals surface area (Å²) in [7, 11) is 0. The van der Waals surface area contributed by atoms with Gasteiger partial charge in [0.25, 0.3) is 0 Å². The van der Waals surface area contributed by atoms with Gasteiger partial charge in [-0.2, -0.15) is 9.61 Å². The van der Waals surface area contributed by atoms with Crippen LogP contribution >= 0.6 is 0 Å². The van der Waals surface area contributed by atoms with Crippen molar-refractivity contribution < 1.29 is 4.74 Å². The lowest BCUT2D eigenvalue weighted by molar-refractivity contribution is 0.309. The number of hydrogen-bond donors (Lipinski definition) is 2. The number of para-hydroxylation sites is 1. The number of pyridine rings is 1. The summed E-state index contributed by atoms with van der Waals surface area (Å²) in [6, 6.07) is 10.3. The normalized spacial score (nSPS) is 16.7. The average Bonchev–Trinajstić information content (AvgIpc) is 3.32. The zero-order valence-electron chi connectivity index (χ0n) is 18.8. The van der Waals surface area contributed by atoms with E-state index in [1.54, 1.807) is 4.52 Å². The summed E-state index contributed by atoms with van der Waals surface area (Å²) in [5, 5.41) is 21.7. The number of rotatable bonds is 5. The second-order valence-corrected chi connectivity index (χ2v) is 8.69. The van der Waals surface area contributed by atoms with Crippen molar-refractivity contribution in [3.8, 4) is 17.3 Å². The quantitative estimate of drug-likeness (QED) is 0.485. The smallest absolute Gasteiger partial charge is 0.222 e. The van der Waals surface area contributed by atoms with Crippen LogP contribution in [0.3, 0.4) is 0 Å². The molecule has 2 aliphatic heterocycles. The molecule has 2 aliphatic rings. The topological polar surface area (TPSA) is 92.5 Å². The van der Waals surface area contributed by atoms with E-state index in [9.17, 15) is 0 Å². The minimum atomic E-state index is 0.611. The van der Waals surface area contributed by atoms with E-state index in [1.807, 2.05) is 12.3 Å². The lowest BCUT2D eigenvalue weighted by Gasteiger charge is -2.29. The monoisotopic (exact) mass is 444 g/mol. The zero-order chi connectivity index (χ0) is 22.2. The summed E-state index contributed by atoms with van der Waals surface area (Å²) in [5.74, 6) is 2.03. The third kappa shape index (κ3) is 3.62. The molecule has 0 spiro atoms. The third-order valence-electron chi connectivity index (χ3n) is 6.69. The molecule has 0 bridgehead atoms. The van der Waals surface area contributed by atoms with Gasteiger partial charge in [0, 0.05) is 18.5 Å². The van der Waals surface area contributed by atoms with Gasteiger partial charge in [-0.25, -0.2) is 4.98 Å². The molecule has 0 aliphatic carbocycles. The first kappa shape index (κ1) is 20.2. The fourth-order valence-corrected chi connectivity index (χ4v) is 4.80. The molecule has 6 rings (SSSR count). The van der Waals surface area contributed by atoms with Crippen molar-refractivity contribution in [3.63, 3.8) is 0 Å². The van der Waals surface area contributed by atoms with Crippen molar-refractivity contribution in [2.45, 2.75) is 19.8 Å². The number of hydrogen-bond acceptors (Lipinski definition) is 8.